The van der Waals surface area contributed by atoms with Crippen LogP contribution in [0.1, 0.15) is 11.1 Å². The van der Waals surface area contributed by atoms with Crippen LogP contribution in [0.3, 0.4) is 0 Å². The molecule has 2 rings (SSSR count). The van der Waals surface area contributed by atoms with Gasteiger partial charge in [0.1, 0.15) is 0 Å². The number of benzene rings is 1. The Hall–Kier alpha value is -2.61. The van der Waals surface area contributed by atoms with Gasteiger partial charge >= 0.3 is 5.08 Å². The maximum absolute atomic E-state index is 8.54. The number of nitrogens with zero attached hydrogens (tertiary/aromatic N) is 4. The summed E-state index contributed by atoms with van der Waals surface area (Å²) in [6.07, 6.45) is 5.05. The van der Waals surface area contributed by atoms with Crippen molar-refractivity contribution in [1.82, 2.24) is 0 Å². The van der Waals surface area contributed by atoms with Gasteiger partial charge in [0, 0.05) is 11.1 Å². The molecule has 0 amide bonds. The highest BCUT2D eigenvalue weighted by atomic mass is 15.2. The first kappa shape index (κ1) is 9.93. The number of fused-ring (bicyclic) bond motifs is 1. The topological polar surface area (TPSA) is 76.7 Å². The SMILES string of the molecule is N#[N+]N=C1C(=CN=N)C=Cc2ccccc21. The summed E-state index contributed by atoms with van der Waals surface area (Å²) >= 11 is 0. The van der Waals surface area contributed by atoms with Gasteiger partial charge in [-0.15, -0.1) is 0 Å². The zero-order chi connectivity index (χ0) is 11.4. The lowest BCUT2D eigenvalue weighted by Gasteiger charge is -2.10. The molecule has 1 aromatic carbocycles. The number of nitrogens with one attached hydrogen (secondary N) is 1. The van der Waals surface area contributed by atoms with E-state index in [1.807, 2.05) is 30.3 Å². The van der Waals surface area contributed by atoms with Gasteiger partial charge in [0.15, 0.2) is 10.8 Å². The van der Waals surface area contributed by atoms with E-state index in [2.05, 4.69) is 15.3 Å². The second kappa shape index (κ2) is 4.28. The Morgan fingerprint density at radius 2 is 2.06 bits per heavy atom. The summed E-state index contributed by atoms with van der Waals surface area (Å²) in [6, 6.07) is 7.61. The number of hydrogen-bond acceptors (Lipinski definition) is 4. The van der Waals surface area contributed by atoms with Crippen molar-refractivity contribution in [1.29, 1.82) is 10.9 Å². The minimum absolute atomic E-state index is 0.511. The molecule has 1 N–H and O–H groups in total. The van der Waals surface area contributed by atoms with Crippen LogP contribution >= 0.6 is 0 Å². The van der Waals surface area contributed by atoms with Gasteiger partial charge in [0.2, 0.25) is 0 Å². The summed E-state index contributed by atoms with van der Waals surface area (Å²) < 4.78 is 0. The van der Waals surface area contributed by atoms with Crippen LogP contribution in [0.15, 0.2) is 52.3 Å². The minimum Gasteiger partial charge on any atom is -0.205 e. The molecule has 0 aliphatic heterocycles. The van der Waals surface area contributed by atoms with Gasteiger partial charge in [-0.05, 0) is 5.56 Å². The molecular formula is C11H8N5+. The molecule has 1 aliphatic rings. The maximum Gasteiger partial charge on any atom is 0.339 e. The van der Waals surface area contributed by atoms with E-state index in [9.17, 15) is 0 Å². The smallest absolute Gasteiger partial charge is 0.205 e. The summed E-state index contributed by atoms with van der Waals surface area (Å²) in [5.74, 6) is 0. The van der Waals surface area contributed by atoms with E-state index in [0.29, 0.717) is 11.3 Å². The van der Waals surface area contributed by atoms with Crippen molar-refractivity contribution in [2.45, 2.75) is 0 Å². The molecule has 0 atom stereocenters. The third-order valence-electron chi connectivity index (χ3n) is 2.28. The van der Waals surface area contributed by atoms with E-state index >= 15 is 0 Å². The largest absolute Gasteiger partial charge is 0.339 e. The molecule has 5 heteroatoms. The summed E-state index contributed by atoms with van der Waals surface area (Å²) in [5.41, 5.74) is 9.82. The van der Waals surface area contributed by atoms with Crippen molar-refractivity contribution < 1.29 is 0 Å². The molecule has 0 heterocycles. The average molecular weight is 210 g/mol. The van der Waals surface area contributed by atoms with E-state index in [1.54, 1.807) is 6.08 Å². The molecule has 16 heavy (non-hydrogen) atoms. The second-order valence-corrected chi connectivity index (χ2v) is 3.17. The van der Waals surface area contributed by atoms with E-state index in [1.165, 1.54) is 6.20 Å². The molecule has 0 aromatic heterocycles. The van der Waals surface area contributed by atoms with Crippen molar-refractivity contribution in [2.24, 2.45) is 10.2 Å². The van der Waals surface area contributed by atoms with Gasteiger partial charge in [0.25, 0.3) is 5.39 Å². The molecule has 0 spiro atoms. The predicted octanol–water partition coefficient (Wildman–Crippen LogP) is 3.19. The quantitative estimate of drug-likeness (QED) is 0.431. The zero-order valence-corrected chi connectivity index (χ0v) is 8.33. The van der Waals surface area contributed by atoms with Crippen molar-refractivity contribution in [3.8, 4) is 0 Å². The van der Waals surface area contributed by atoms with Crippen molar-refractivity contribution in [3.63, 3.8) is 0 Å². The number of hydrogen-bond donors (Lipinski definition) is 1. The first-order valence-corrected chi connectivity index (χ1v) is 4.63. The number of diazo groups is 1. The number of rotatable bonds is 1. The molecule has 0 unspecified atom stereocenters. The Balaban J connectivity index is 2.64. The van der Waals surface area contributed by atoms with Crippen LogP contribution in [0.2, 0.25) is 0 Å². The second-order valence-electron chi connectivity index (χ2n) is 3.17. The van der Waals surface area contributed by atoms with Gasteiger partial charge in [-0.25, -0.2) is 5.53 Å². The fourth-order valence-electron chi connectivity index (χ4n) is 1.60. The Morgan fingerprint density at radius 3 is 2.81 bits per heavy atom. The molecule has 76 valence electrons. The van der Waals surface area contributed by atoms with Gasteiger partial charge in [-0.2, -0.15) is 5.11 Å². The van der Waals surface area contributed by atoms with Gasteiger partial charge in [-0.3, -0.25) is 0 Å². The Bertz CT molecular complexity index is 560. The fourth-order valence-corrected chi connectivity index (χ4v) is 1.60. The molecule has 0 saturated carbocycles. The zero-order valence-electron chi connectivity index (χ0n) is 8.33. The predicted molar refractivity (Wildman–Crippen MR) is 60.3 cm³/mol. The molecule has 1 aromatic rings. The van der Waals surface area contributed by atoms with Crippen LogP contribution in [0.4, 0.5) is 0 Å². The van der Waals surface area contributed by atoms with Crippen molar-refractivity contribution in [3.05, 3.63) is 58.3 Å². The summed E-state index contributed by atoms with van der Waals surface area (Å²) in [5, 5.41) is 18.2. The molecule has 0 radical (unpaired) electrons. The van der Waals surface area contributed by atoms with Crippen LogP contribution in [0.5, 0.6) is 0 Å². The molecule has 1 aliphatic carbocycles. The molecule has 0 bridgehead atoms. The highest BCUT2D eigenvalue weighted by Crippen LogP contribution is 2.23. The molecule has 0 fully saturated rings. The number of allylic oxidation sites excluding steroid dienone is 2. The fraction of sp³-hybridized carbons (Fsp3) is 0. The molecule has 0 saturated heterocycles. The first-order chi connectivity index (χ1) is 7.86. The van der Waals surface area contributed by atoms with E-state index in [0.717, 1.165) is 11.1 Å². The Labute approximate surface area is 91.9 Å². The summed E-state index contributed by atoms with van der Waals surface area (Å²) in [7, 11) is 0. The minimum atomic E-state index is 0.511. The van der Waals surface area contributed by atoms with Crippen molar-refractivity contribution in [2.75, 3.05) is 0 Å². The Morgan fingerprint density at radius 1 is 1.25 bits per heavy atom. The van der Waals surface area contributed by atoms with Crippen LogP contribution in [-0.2, 0) is 0 Å². The third kappa shape index (κ3) is 1.64. The van der Waals surface area contributed by atoms with Crippen molar-refractivity contribution >= 4 is 11.8 Å². The Kier molecular flexibility index (Phi) is 2.65. The van der Waals surface area contributed by atoms with E-state index in [-0.39, 0.29) is 0 Å². The third-order valence-corrected chi connectivity index (χ3v) is 2.28. The highest BCUT2D eigenvalue weighted by molar-refractivity contribution is 6.18. The lowest BCUT2D eigenvalue weighted by Crippen LogP contribution is -2.08. The van der Waals surface area contributed by atoms with Gasteiger partial charge < -0.3 is 0 Å². The van der Waals surface area contributed by atoms with Crippen LogP contribution in [-0.4, -0.2) is 5.71 Å². The normalized spacial score (nSPS) is 18.2. The maximum atomic E-state index is 8.54. The molecular weight excluding hydrogens is 202 g/mol. The van der Waals surface area contributed by atoms with Gasteiger partial charge in [0.05, 0.1) is 6.20 Å². The standard InChI is InChI=1S/C11H8N5/c12-14-7-9-6-5-8-3-1-2-4-10(8)11(9)15-16-13/h1-7,12H/q+1. The van der Waals surface area contributed by atoms with Crippen LogP contribution in [0.25, 0.3) is 11.2 Å². The summed E-state index contributed by atoms with van der Waals surface area (Å²) in [4.78, 5) is 0. The lowest BCUT2D eigenvalue weighted by molar-refractivity contribution is 1.14. The van der Waals surface area contributed by atoms with E-state index in [4.69, 9.17) is 10.9 Å². The molecule has 5 nitrogen and oxygen atoms in total. The summed E-state index contributed by atoms with van der Waals surface area (Å²) in [6.45, 7) is 0. The van der Waals surface area contributed by atoms with E-state index < -0.39 is 0 Å². The first-order valence-electron chi connectivity index (χ1n) is 4.63. The highest BCUT2D eigenvalue weighted by Gasteiger charge is 2.19. The monoisotopic (exact) mass is 210 g/mol. The van der Waals surface area contributed by atoms with Crippen LogP contribution < -0.4 is 0 Å². The lowest BCUT2D eigenvalue weighted by atomic mass is 9.92. The van der Waals surface area contributed by atoms with Gasteiger partial charge in [-0.1, -0.05) is 36.4 Å². The average Bonchev–Trinajstić information content (AvgIpc) is 2.32. The van der Waals surface area contributed by atoms with Crippen LogP contribution in [0, 0.1) is 10.9 Å².